The predicted octanol–water partition coefficient (Wildman–Crippen LogP) is 3.97. The highest BCUT2D eigenvalue weighted by atomic mass is 79.9. The second kappa shape index (κ2) is 8.17. The molecule has 1 unspecified atom stereocenters. The number of likely N-dealkylation sites (N-methyl/N-ethyl adjacent to an activating group) is 1. The van der Waals surface area contributed by atoms with Crippen molar-refractivity contribution in [2.75, 3.05) is 18.6 Å². The maximum Gasteiger partial charge on any atom is 0.0207 e. The first-order chi connectivity index (χ1) is 8.13. The summed E-state index contributed by atoms with van der Waals surface area (Å²) in [6.45, 7) is 4.55. The summed E-state index contributed by atoms with van der Waals surface area (Å²) in [6.07, 6.45) is 1.09. The molecule has 1 N–H and O–H groups in total. The second-order valence-corrected chi connectivity index (χ2v) is 6.64. The van der Waals surface area contributed by atoms with Crippen LogP contribution in [0.4, 0.5) is 0 Å². The fourth-order valence-electron chi connectivity index (χ4n) is 1.62. The molecule has 0 fully saturated rings. The van der Waals surface area contributed by atoms with Gasteiger partial charge in [-0.25, -0.2) is 0 Å². The summed E-state index contributed by atoms with van der Waals surface area (Å²) < 4.78 is 1.22. The number of hydrogen-bond donors (Lipinski definition) is 1. The topological polar surface area (TPSA) is 12.0 Å². The molecule has 1 atom stereocenters. The Balaban J connectivity index is 2.44. The van der Waals surface area contributed by atoms with Gasteiger partial charge in [0.05, 0.1) is 0 Å². The lowest BCUT2D eigenvalue weighted by molar-refractivity contribution is 0.614. The van der Waals surface area contributed by atoms with Crippen molar-refractivity contribution in [3.63, 3.8) is 0 Å². The molecule has 0 radical (unpaired) electrons. The van der Waals surface area contributed by atoms with Crippen molar-refractivity contribution in [1.82, 2.24) is 5.32 Å². The zero-order valence-corrected chi connectivity index (χ0v) is 13.3. The van der Waals surface area contributed by atoms with Gasteiger partial charge in [0.2, 0.25) is 0 Å². The number of benzene rings is 1. The van der Waals surface area contributed by atoms with E-state index in [1.165, 1.54) is 21.5 Å². The highest BCUT2D eigenvalue weighted by Gasteiger charge is 2.09. The molecule has 1 nitrogen and oxygen atoms in total. The Morgan fingerprint density at radius 1 is 1.24 bits per heavy atom. The van der Waals surface area contributed by atoms with Crippen LogP contribution in [-0.4, -0.2) is 24.6 Å². The fraction of sp³-hybridized carbons (Fsp3) is 0.571. The van der Waals surface area contributed by atoms with Crippen LogP contribution in [0.2, 0.25) is 0 Å². The Hall–Kier alpha value is 0.01000. The average molecular weight is 316 g/mol. The fourth-order valence-corrected chi connectivity index (χ4v) is 3.24. The predicted molar refractivity (Wildman–Crippen MR) is 82.9 cm³/mol. The van der Waals surface area contributed by atoms with E-state index in [1.54, 1.807) is 0 Å². The molecule has 0 aliphatic heterocycles. The van der Waals surface area contributed by atoms with Crippen molar-refractivity contribution in [3.8, 4) is 0 Å². The van der Waals surface area contributed by atoms with Crippen molar-refractivity contribution in [1.29, 1.82) is 0 Å². The van der Waals surface area contributed by atoms with Crippen LogP contribution in [0, 0.1) is 5.92 Å². The smallest absolute Gasteiger partial charge is 0.0207 e. The van der Waals surface area contributed by atoms with Crippen molar-refractivity contribution < 1.29 is 0 Å². The van der Waals surface area contributed by atoms with Gasteiger partial charge in [-0.05, 0) is 36.8 Å². The lowest BCUT2D eigenvalue weighted by atomic mass is 10.1. The van der Waals surface area contributed by atoms with E-state index in [0.717, 1.165) is 12.3 Å². The molecule has 0 saturated carbocycles. The summed E-state index contributed by atoms with van der Waals surface area (Å²) in [4.78, 5) is 0. The van der Waals surface area contributed by atoms with Gasteiger partial charge in [-0.3, -0.25) is 0 Å². The molecule has 0 aliphatic carbocycles. The molecule has 0 aromatic heterocycles. The van der Waals surface area contributed by atoms with Crippen LogP contribution in [-0.2, 0) is 6.42 Å². The Morgan fingerprint density at radius 2 is 1.94 bits per heavy atom. The first kappa shape index (κ1) is 15.1. The van der Waals surface area contributed by atoms with Crippen LogP contribution in [0.3, 0.4) is 0 Å². The van der Waals surface area contributed by atoms with Crippen LogP contribution in [0.15, 0.2) is 28.7 Å². The van der Waals surface area contributed by atoms with Gasteiger partial charge < -0.3 is 5.32 Å². The molecule has 1 aromatic rings. The normalized spacial score (nSPS) is 13.0. The third-order valence-electron chi connectivity index (χ3n) is 2.60. The van der Waals surface area contributed by atoms with Crippen molar-refractivity contribution >= 4 is 27.7 Å². The Kier molecular flexibility index (Phi) is 7.24. The van der Waals surface area contributed by atoms with Crippen LogP contribution in [0.1, 0.15) is 19.4 Å². The first-order valence-electron chi connectivity index (χ1n) is 6.12. The van der Waals surface area contributed by atoms with Gasteiger partial charge in [0.15, 0.2) is 0 Å². The van der Waals surface area contributed by atoms with Crippen molar-refractivity contribution in [2.24, 2.45) is 5.92 Å². The largest absolute Gasteiger partial charge is 0.316 e. The summed E-state index contributed by atoms with van der Waals surface area (Å²) in [5.74, 6) is 3.20. The lowest BCUT2D eigenvalue weighted by Crippen LogP contribution is -2.30. The minimum atomic E-state index is 0.553. The van der Waals surface area contributed by atoms with Gasteiger partial charge in [-0.1, -0.05) is 48.0 Å². The molecule has 1 aromatic carbocycles. The maximum atomic E-state index is 3.61. The van der Waals surface area contributed by atoms with E-state index in [-0.39, 0.29) is 0 Å². The van der Waals surface area contributed by atoms with Gasteiger partial charge in [0.25, 0.3) is 0 Å². The van der Waals surface area contributed by atoms with E-state index in [4.69, 9.17) is 0 Å². The third-order valence-corrected chi connectivity index (χ3v) is 4.92. The van der Waals surface area contributed by atoms with E-state index < -0.39 is 0 Å². The lowest BCUT2D eigenvalue weighted by Gasteiger charge is -2.17. The van der Waals surface area contributed by atoms with Crippen LogP contribution >= 0.6 is 27.7 Å². The number of halogens is 1. The van der Waals surface area contributed by atoms with Crippen molar-refractivity contribution in [3.05, 3.63) is 34.3 Å². The van der Waals surface area contributed by atoms with Gasteiger partial charge >= 0.3 is 0 Å². The quantitative estimate of drug-likeness (QED) is 0.817. The molecule has 1 rings (SSSR count). The molecule has 0 saturated heterocycles. The minimum Gasteiger partial charge on any atom is -0.316 e. The summed E-state index contributed by atoms with van der Waals surface area (Å²) in [5, 5.41) is 3.41. The van der Waals surface area contributed by atoms with E-state index in [2.05, 4.69) is 66.4 Å². The number of nitrogens with one attached hydrogen (secondary N) is 1. The average Bonchev–Trinajstić information content (AvgIpc) is 2.30. The highest BCUT2D eigenvalue weighted by molar-refractivity contribution is 9.10. The maximum absolute atomic E-state index is 3.61. The number of thioether (sulfide) groups is 1. The van der Waals surface area contributed by atoms with E-state index in [0.29, 0.717) is 6.04 Å². The first-order valence-corrected chi connectivity index (χ1v) is 8.06. The van der Waals surface area contributed by atoms with Crippen LogP contribution in [0.25, 0.3) is 0 Å². The van der Waals surface area contributed by atoms with Gasteiger partial charge in [-0.2, -0.15) is 11.8 Å². The standard InChI is InChI=1S/C14H22BrNS/c1-11(2)9-17-10-13(16-3)8-12-6-4-5-7-14(12)15/h4-7,11,13,16H,8-10H2,1-3H3. The molecule has 3 heteroatoms. The molecule has 0 spiro atoms. The van der Waals surface area contributed by atoms with E-state index >= 15 is 0 Å². The Bertz CT molecular complexity index is 328. The third kappa shape index (κ3) is 5.94. The van der Waals surface area contributed by atoms with E-state index in [1.807, 2.05) is 11.8 Å². The Labute approximate surface area is 118 Å². The highest BCUT2D eigenvalue weighted by Crippen LogP contribution is 2.19. The van der Waals surface area contributed by atoms with E-state index in [9.17, 15) is 0 Å². The molecular formula is C14H22BrNS. The SMILES string of the molecule is CNC(CSCC(C)C)Cc1ccccc1Br. The number of hydrogen-bond acceptors (Lipinski definition) is 2. The second-order valence-electron chi connectivity index (χ2n) is 4.71. The molecule has 0 bridgehead atoms. The molecule has 96 valence electrons. The zero-order chi connectivity index (χ0) is 12.7. The zero-order valence-electron chi connectivity index (χ0n) is 10.9. The molecule has 0 heterocycles. The van der Waals surface area contributed by atoms with Crippen molar-refractivity contribution in [2.45, 2.75) is 26.3 Å². The van der Waals surface area contributed by atoms with Gasteiger partial charge in [0.1, 0.15) is 0 Å². The van der Waals surface area contributed by atoms with Gasteiger partial charge in [0, 0.05) is 16.3 Å². The van der Waals surface area contributed by atoms with Crippen LogP contribution < -0.4 is 5.32 Å². The van der Waals surface area contributed by atoms with Crippen LogP contribution in [0.5, 0.6) is 0 Å². The summed E-state index contributed by atoms with van der Waals surface area (Å²) in [7, 11) is 2.05. The van der Waals surface area contributed by atoms with Gasteiger partial charge in [-0.15, -0.1) is 0 Å². The minimum absolute atomic E-state index is 0.553. The summed E-state index contributed by atoms with van der Waals surface area (Å²) in [6, 6.07) is 9.03. The molecule has 17 heavy (non-hydrogen) atoms. The molecule has 0 aliphatic rings. The molecule has 0 amide bonds. The molecular weight excluding hydrogens is 294 g/mol. The monoisotopic (exact) mass is 315 g/mol. The number of rotatable bonds is 7. The summed E-state index contributed by atoms with van der Waals surface area (Å²) >= 11 is 5.65. The summed E-state index contributed by atoms with van der Waals surface area (Å²) in [5.41, 5.74) is 1.39. The Morgan fingerprint density at radius 3 is 2.53 bits per heavy atom.